The number of rotatable bonds is 15. The van der Waals surface area contributed by atoms with Gasteiger partial charge in [-0.25, -0.2) is 0 Å². The Labute approximate surface area is 210 Å². The Bertz CT molecular complexity index is 626. The molecule has 0 aromatic heterocycles. The lowest BCUT2D eigenvalue weighted by molar-refractivity contribution is -0.360. The second-order valence-corrected chi connectivity index (χ2v) is 9.24. The molecule has 13 heteroatoms. The maximum Gasteiger partial charge on any atom is 0.219 e. The first kappa shape index (κ1) is 31.2. The second-order valence-electron chi connectivity index (χ2n) is 9.24. The Hall–Kier alpha value is -0.970. The molecule has 2 saturated heterocycles. The van der Waals surface area contributed by atoms with Gasteiger partial charge in [-0.05, 0) is 19.3 Å². The lowest BCUT2D eigenvalue weighted by Gasteiger charge is -2.45. The van der Waals surface area contributed by atoms with Crippen LogP contribution in [0.1, 0.15) is 51.9 Å². The zero-order valence-corrected chi connectivity index (χ0v) is 20.7. The van der Waals surface area contributed by atoms with Crippen LogP contribution in [0.4, 0.5) is 0 Å². The van der Waals surface area contributed by atoms with Gasteiger partial charge in [-0.15, -0.1) is 0 Å². The first-order valence-corrected chi connectivity index (χ1v) is 12.7. The van der Waals surface area contributed by atoms with Gasteiger partial charge in [-0.3, -0.25) is 4.79 Å². The van der Waals surface area contributed by atoms with Crippen LogP contribution in [0.3, 0.4) is 0 Å². The van der Waals surface area contributed by atoms with Gasteiger partial charge in [-0.1, -0.05) is 26.2 Å². The highest BCUT2D eigenvalue weighted by atomic mass is 16.7. The maximum absolute atomic E-state index is 11.6. The van der Waals surface area contributed by atoms with E-state index in [1.807, 2.05) is 6.92 Å². The van der Waals surface area contributed by atoms with Gasteiger partial charge in [0.2, 0.25) is 5.91 Å². The van der Waals surface area contributed by atoms with Crippen molar-refractivity contribution < 1.29 is 59.5 Å². The Balaban J connectivity index is 1.80. The number of hydrogen-bond donors (Lipinski definition) is 8. The molecule has 2 heterocycles. The summed E-state index contributed by atoms with van der Waals surface area (Å²) in [7, 11) is 0. The Morgan fingerprint density at radius 3 is 2.08 bits per heavy atom. The summed E-state index contributed by atoms with van der Waals surface area (Å²) >= 11 is 0. The topological polar surface area (TPSA) is 208 Å². The fourth-order valence-corrected chi connectivity index (χ4v) is 4.12. The average molecular weight is 526 g/mol. The van der Waals surface area contributed by atoms with Gasteiger partial charge in [0.25, 0.3) is 0 Å². The molecule has 0 radical (unpaired) electrons. The fourth-order valence-electron chi connectivity index (χ4n) is 4.12. The van der Waals surface area contributed by atoms with Crippen LogP contribution in [-0.4, -0.2) is 129 Å². The first-order valence-electron chi connectivity index (χ1n) is 12.7. The quantitative estimate of drug-likeness (QED) is 0.104. The molecule has 0 aromatic rings. The fraction of sp³-hybridized carbons (Fsp3) is 0.957. The highest BCUT2D eigenvalue weighted by molar-refractivity contribution is 5.75. The number of amides is 1. The minimum atomic E-state index is -1.73. The van der Waals surface area contributed by atoms with Gasteiger partial charge in [0, 0.05) is 19.6 Å². The first-order chi connectivity index (χ1) is 17.2. The lowest BCUT2D eigenvalue weighted by atomic mass is 9.97. The molecule has 2 aliphatic heterocycles. The molecule has 0 aromatic carbocycles. The number of aliphatic hydroxyl groups is 7. The molecule has 8 N–H and O–H groups in total. The van der Waals surface area contributed by atoms with Gasteiger partial charge in [0.1, 0.15) is 48.8 Å². The molecule has 0 bridgehead atoms. The van der Waals surface area contributed by atoms with E-state index < -0.39 is 74.6 Å². The summed E-state index contributed by atoms with van der Waals surface area (Å²) in [6, 6.07) is 0. The molecule has 212 valence electrons. The molecular formula is C23H43NO12. The van der Waals surface area contributed by atoms with Crippen LogP contribution in [0.2, 0.25) is 0 Å². The molecule has 36 heavy (non-hydrogen) atoms. The molecule has 0 aliphatic carbocycles. The van der Waals surface area contributed by atoms with Crippen LogP contribution in [0.15, 0.2) is 0 Å². The Kier molecular flexibility index (Phi) is 14.0. The van der Waals surface area contributed by atoms with E-state index in [0.29, 0.717) is 19.4 Å². The van der Waals surface area contributed by atoms with Crippen LogP contribution in [-0.2, 0) is 23.7 Å². The van der Waals surface area contributed by atoms with E-state index in [9.17, 15) is 40.5 Å². The number of carbonyl (C=O) groups is 1. The molecule has 0 spiro atoms. The van der Waals surface area contributed by atoms with Crippen molar-refractivity contribution in [3.8, 4) is 0 Å². The Morgan fingerprint density at radius 1 is 0.778 bits per heavy atom. The van der Waals surface area contributed by atoms with E-state index in [4.69, 9.17) is 18.9 Å². The monoisotopic (exact) mass is 525 g/mol. The van der Waals surface area contributed by atoms with E-state index in [0.717, 1.165) is 32.1 Å². The van der Waals surface area contributed by atoms with Crippen molar-refractivity contribution in [1.82, 2.24) is 5.32 Å². The molecular weight excluding hydrogens is 482 g/mol. The minimum absolute atomic E-state index is 0.0599. The SMILES string of the molecule is CCCCC(=O)NCCCCCCO[C@H]1O[C@@H](CO)[C@H](O)C(O[C@H]2OC(CO)[C@H](O)C(O)[C@@H]2O)C1O. The van der Waals surface area contributed by atoms with Crippen molar-refractivity contribution in [2.45, 2.75) is 113 Å². The van der Waals surface area contributed by atoms with Crippen molar-refractivity contribution in [1.29, 1.82) is 0 Å². The van der Waals surface area contributed by atoms with Crippen molar-refractivity contribution in [3.05, 3.63) is 0 Å². The summed E-state index contributed by atoms with van der Waals surface area (Å²) in [5.41, 5.74) is 0. The van der Waals surface area contributed by atoms with Gasteiger partial charge in [0.05, 0.1) is 13.2 Å². The predicted octanol–water partition coefficient (Wildman–Crippen LogP) is -2.51. The largest absolute Gasteiger partial charge is 0.394 e. The highest BCUT2D eigenvalue weighted by Gasteiger charge is 2.50. The minimum Gasteiger partial charge on any atom is -0.394 e. The summed E-state index contributed by atoms with van der Waals surface area (Å²) in [5.74, 6) is 0.0599. The smallest absolute Gasteiger partial charge is 0.219 e. The van der Waals surface area contributed by atoms with E-state index in [2.05, 4.69) is 5.32 Å². The van der Waals surface area contributed by atoms with Crippen molar-refractivity contribution >= 4 is 5.91 Å². The molecule has 1 amide bonds. The Morgan fingerprint density at radius 2 is 1.42 bits per heavy atom. The van der Waals surface area contributed by atoms with Gasteiger partial charge >= 0.3 is 0 Å². The number of aliphatic hydroxyl groups excluding tert-OH is 7. The standard InChI is InChI=1S/C23H43NO12/c1-2-3-8-15(27)24-9-6-4-5-7-10-33-22-20(32)21(17(29)14(12-26)34-22)36-23-19(31)18(30)16(28)13(11-25)35-23/h13-14,16-23,25-26,28-32H,2-12H2,1H3,(H,24,27)/t13?,14-,16-,17-,18?,19-,20?,21?,22-,23+/m0/s1. The number of nitrogens with one attached hydrogen (secondary N) is 1. The zero-order valence-electron chi connectivity index (χ0n) is 20.7. The zero-order chi connectivity index (χ0) is 26.7. The average Bonchev–Trinajstić information content (AvgIpc) is 2.87. The summed E-state index contributed by atoms with van der Waals surface area (Å²) in [4.78, 5) is 11.6. The normalized spacial score (nSPS) is 37.1. The number of ether oxygens (including phenoxy) is 4. The maximum atomic E-state index is 11.6. The summed E-state index contributed by atoms with van der Waals surface area (Å²) in [6.45, 7) is 1.59. The molecule has 2 fully saturated rings. The van der Waals surface area contributed by atoms with Crippen LogP contribution < -0.4 is 5.32 Å². The third kappa shape index (κ3) is 8.81. The second kappa shape index (κ2) is 16.1. The molecule has 4 unspecified atom stereocenters. The summed E-state index contributed by atoms with van der Waals surface area (Å²) in [6.07, 6.45) is -9.19. The van der Waals surface area contributed by atoms with Crippen molar-refractivity contribution in [2.24, 2.45) is 0 Å². The van der Waals surface area contributed by atoms with Gasteiger partial charge in [-0.2, -0.15) is 0 Å². The van der Waals surface area contributed by atoms with Crippen LogP contribution in [0.25, 0.3) is 0 Å². The molecule has 2 rings (SSSR count). The van der Waals surface area contributed by atoms with Crippen LogP contribution in [0, 0.1) is 0 Å². The third-order valence-electron chi connectivity index (χ3n) is 6.39. The number of unbranched alkanes of at least 4 members (excludes halogenated alkanes) is 4. The van der Waals surface area contributed by atoms with Crippen LogP contribution in [0.5, 0.6) is 0 Å². The predicted molar refractivity (Wildman–Crippen MR) is 123 cm³/mol. The van der Waals surface area contributed by atoms with E-state index in [1.54, 1.807) is 0 Å². The molecule has 2 aliphatic rings. The lowest BCUT2D eigenvalue weighted by Crippen LogP contribution is -2.64. The molecule has 0 saturated carbocycles. The van der Waals surface area contributed by atoms with E-state index >= 15 is 0 Å². The van der Waals surface area contributed by atoms with E-state index in [-0.39, 0.29) is 12.5 Å². The summed E-state index contributed by atoms with van der Waals surface area (Å²) < 4.78 is 21.9. The summed E-state index contributed by atoms with van der Waals surface area (Å²) in [5, 5.41) is 73.1. The van der Waals surface area contributed by atoms with E-state index in [1.165, 1.54) is 0 Å². The van der Waals surface area contributed by atoms with Crippen molar-refractivity contribution in [3.63, 3.8) is 0 Å². The molecule has 13 nitrogen and oxygen atoms in total. The number of hydrogen-bond acceptors (Lipinski definition) is 12. The third-order valence-corrected chi connectivity index (χ3v) is 6.39. The number of carbonyl (C=O) groups excluding carboxylic acids is 1. The molecule has 10 atom stereocenters. The van der Waals surface area contributed by atoms with Gasteiger partial charge < -0.3 is 60.0 Å². The van der Waals surface area contributed by atoms with Gasteiger partial charge in [0.15, 0.2) is 12.6 Å². The highest BCUT2D eigenvalue weighted by Crippen LogP contribution is 2.29. The van der Waals surface area contributed by atoms with Crippen molar-refractivity contribution in [2.75, 3.05) is 26.4 Å². The van der Waals surface area contributed by atoms with Crippen LogP contribution >= 0.6 is 0 Å².